The van der Waals surface area contributed by atoms with Crippen molar-refractivity contribution in [3.8, 4) is 0 Å². The first-order valence-electron chi connectivity index (χ1n) is 5.01. The quantitative estimate of drug-likeness (QED) is 0.895. The molecule has 1 aliphatic heterocycles. The summed E-state index contributed by atoms with van der Waals surface area (Å²) >= 11 is 5.22. The Bertz CT molecular complexity index is 361. The lowest BCUT2D eigenvalue weighted by molar-refractivity contribution is 0.738. The molecule has 0 amide bonds. The zero-order chi connectivity index (χ0) is 10.7. The number of nitrogens with zero attached hydrogens (tertiary/aromatic N) is 1. The highest BCUT2D eigenvalue weighted by Gasteiger charge is 2.15. The monoisotopic (exact) mass is 284 g/mol. The van der Waals surface area contributed by atoms with E-state index in [1.54, 1.807) is 11.8 Å². The van der Waals surface area contributed by atoms with Crippen molar-refractivity contribution in [3.05, 3.63) is 28.7 Å². The summed E-state index contributed by atoms with van der Waals surface area (Å²) < 4.78 is 1.10. The molecular formula is C11H13BrN2S. The summed E-state index contributed by atoms with van der Waals surface area (Å²) in [6, 6.07) is 8.64. The highest BCUT2D eigenvalue weighted by molar-refractivity contribution is 9.10. The maximum Gasteiger partial charge on any atom is 0.161 e. The molecule has 4 heteroatoms. The first kappa shape index (κ1) is 11.0. The van der Waals surface area contributed by atoms with E-state index in [4.69, 9.17) is 0 Å². The molecule has 1 atom stereocenters. The average molecular weight is 285 g/mol. The highest BCUT2D eigenvalue weighted by Crippen LogP contribution is 2.22. The van der Waals surface area contributed by atoms with Gasteiger partial charge in [-0.3, -0.25) is 4.99 Å². The van der Waals surface area contributed by atoms with Gasteiger partial charge in [-0.1, -0.05) is 34.6 Å². The number of hydrogen-bond acceptors (Lipinski definition) is 3. The Morgan fingerprint density at radius 1 is 1.47 bits per heavy atom. The first-order valence-corrected chi connectivity index (χ1v) is 6.79. The fourth-order valence-corrected chi connectivity index (χ4v) is 2.69. The summed E-state index contributed by atoms with van der Waals surface area (Å²) in [4.78, 5) is 4.58. The average Bonchev–Trinajstić information content (AvgIpc) is 2.69. The van der Waals surface area contributed by atoms with Gasteiger partial charge >= 0.3 is 0 Å². The molecule has 1 unspecified atom stereocenters. The van der Waals surface area contributed by atoms with E-state index >= 15 is 0 Å². The van der Waals surface area contributed by atoms with Gasteiger partial charge in [-0.15, -0.1) is 0 Å². The Morgan fingerprint density at radius 3 is 2.80 bits per heavy atom. The molecule has 0 saturated heterocycles. The Morgan fingerprint density at radius 2 is 2.20 bits per heavy atom. The predicted octanol–water partition coefficient (Wildman–Crippen LogP) is 3.74. The molecule has 1 N–H and O–H groups in total. The molecule has 1 aromatic carbocycles. The van der Waals surface area contributed by atoms with Crippen LogP contribution < -0.4 is 5.32 Å². The van der Waals surface area contributed by atoms with E-state index in [0.29, 0.717) is 6.04 Å². The van der Waals surface area contributed by atoms with Gasteiger partial charge in [0.15, 0.2) is 5.17 Å². The van der Waals surface area contributed by atoms with Crippen LogP contribution in [0.3, 0.4) is 0 Å². The van der Waals surface area contributed by atoms with E-state index in [1.807, 2.05) is 24.3 Å². The van der Waals surface area contributed by atoms with Crippen molar-refractivity contribution in [2.75, 3.05) is 11.1 Å². The van der Waals surface area contributed by atoms with Gasteiger partial charge in [-0.05, 0) is 30.7 Å². The maximum absolute atomic E-state index is 4.58. The van der Waals surface area contributed by atoms with Gasteiger partial charge in [0.1, 0.15) is 0 Å². The number of hydrogen-bond donors (Lipinski definition) is 1. The van der Waals surface area contributed by atoms with Gasteiger partial charge in [-0.25, -0.2) is 0 Å². The van der Waals surface area contributed by atoms with E-state index < -0.39 is 0 Å². The van der Waals surface area contributed by atoms with Crippen LogP contribution in [0.1, 0.15) is 13.3 Å². The van der Waals surface area contributed by atoms with Crippen molar-refractivity contribution in [2.45, 2.75) is 19.4 Å². The second-order valence-electron chi connectivity index (χ2n) is 3.44. The molecule has 0 saturated carbocycles. The summed E-state index contributed by atoms with van der Waals surface area (Å²) in [6.07, 6.45) is 1.12. The van der Waals surface area contributed by atoms with Crippen molar-refractivity contribution in [2.24, 2.45) is 4.99 Å². The van der Waals surface area contributed by atoms with Gasteiger partial charge in [0, 0.05) is 15.9 Å². The third kappa shape index (κ3) is 2.98. The van der Waals surface area contributed by atoms with Crippen LogP contribution in [0.15, 0.2) is 33.7 Å². The topological polar surface area (TPSA) is 24.4 Å². The van der Waals surface area contributed by atoms with Gasteiger partial charge < -0.3 is 5.32 Å². The lowest BCUT2D eigenvalue weighted by Crippen LogP contribution is -2.04. The van der Waals surface area contributed by atoms with Gasteiger partial charge in [0.05, 0.1) is 6.04 Å². The Balaban J connectivity index is 2.00. The number of benzene rings is 1. The van der Waals surface area contributed by atoms with Crippen LogP contribution in [0, 0.1) is 0 Å². The number of aliphatic imine (C=N–C) groups is 1. The molecule has 1 aromatic rings. The summed E-state index contributed by atoms with van der Waals surface area (Å²) in [5.74, 6) is 1.11. The number of thioether (sulfide) groups is 1. The van der Waals surface area contributed by atoms with Crippen LogP contribution in [-0.2, 0) is 0 Å². The summed E-state index contributed by atoms with van der Waals surface area (Å²) in [5, 5.41) is 4.37. The van der Waals surface area contributed by atoms with E-state index in [1.165, 1.54) is 0 Å². The maximum atomic E-state index is 4.58. The van der Waals surface area contributed by atoms with Gasteiger partial charge in [0.25, 0.3) is 0 Å². The molecule has 0 radical (unpaired) electrons. The standard InChI is InChI=1S/C11H13BrN2S/c1-2-9-7-15-11(13-9)14-10-5-3-8(12)4-6-10/h3-6,9H,2,7H2,1H3,(H,13,14). The third-order valence-corrected chi connectivity index (χ3v) is 3.84. The van der Waals surface area contributed by atoms with Crippen molar-refractivity contribution < 1.29 is 0 Å². The zero-order valence-corrected chi connectivity index (χ0v) is 10.9. The molecule has 15 heavy (non-hydrogen) atoms. The smallest absolute Gasteiger partial charge is 0.161 e. The first-order chi connectivity index (χ1) is 7.28. The third-order valence-electron chi connectivity index (χ3n) is 2.28. The van der Waals surface area contributed by atoms with Gasteiger partial charge in [0.2, 0.25) is 0 Å². The minimum atomic E-state index is 0.493. The van der Waals surface area contributed by atoms with Crippen LogP contribution in [0.4, 0.5) is 5.69 Å². The summed E-state index contributed by atoms with van der Waals surface area (Å²) in [6.45, 7) is 2.18. The van der Waals surface area contributed by atoms with Crippen LogP contribution in [-0.4, -0.2) is 17.0 Å². The minimum Gasteiger partial charge on any atom is -0.335 e. The molecule has 1 heterocycles. The van der Waals surface area contributed by atoms with Crippen LogP contribution >= 0.6 is 27.7 Å². The molecule has 0 spiro atoms. The number of anilines is 1. The van der Waals surface area contributed by atoms with Crippen molar-refractivity contribution in [1.82, 2.24) is 0 Å². The largest absolute Gasteiger partial charge is 0.335 e. The molecule has 2 rings (SSSR count). The van der Waals surface area contributed by atoms with E-state index in [0.717, 1.165) is 27.5 Å². The number of rotatable bonds is 2. The van der Waals surface area contributed by atoms with Crippen molar-refractivity contribution in [1.29, 1.82) is 0 Å². The SMILES string of the molecule is CCC1CSC(Nc2ccc(Br)cc2)=N1. The second-order valence-corrected chi connectivity index (χ2v) is 5.36. The lowest BCUT2D eigenvalue weighted by atomic mass is 10.3. The molecular weight excluding hydrogens is 272 g/mol. The molecule has 0 fully saturated rings. The van der Waals surface area contributed by atoms with E-state index in [-0.39, 0.29) is 0 Å². The van der Waals surface area contributed by atoms with Gasteiger partial charge in [-0.2, -0.15) is 0 Å². The van der Waals surface area contributed by atoms with Crippen molar-refractivity contribution in [3.63, 3.8) is 0 Å². The fourth-order valence-electron chi connectivity index (χ4n) is 1.35. The molecule has 1 aliphatic rings. The molecule has 0 aliphatic carbocycles. The fraction of sp³-hybridized carbons (Fsp3) is 0.364. The Kier molecular flexibility index (Phi) is 3.70. The molecule has 0 bridgehead atoms. The van der Waals surface area contributed by atoms with Crippen LogP contribution in [0.25, 0.3) is 0 Å². The predicted molar refractivity (Wildman–Crippen MR) is 71.7 cm³/mol. The van der Waals surface area contributed by atoms with Crippen molar-refractivity contribution >= 4 is 38.5 Å². The zero-order valence-electron chi connectivity index (χ0n) is 8.53. The number of nitrogens with one attached hydrogen (secondary N) is 1. The number of amidine groups is 1. The van der Waals surface area contributed by atoms with Crippen LogP contribution in [0.2, 0.25) is 0 Å². The van der Waals surface area contributed by atoms with Crippen LogP contribution in [0.5, 0.6) is 0 Å². The van der Waals surface area contributed by atoms with E-state index in [2.05, 4.69) is 33.2 Å². The number of halogens is 1. The summed E-state index contributed by atoms with van der Waals surface area (Å²) in [7, 11) is 0. The summed E-state index contributed by atoms with van der Waals surface area (Å²) in [5.41, 5.74) is 1.10. The second kappa shape index (κ2) is 5.03. The Hall–Kier alpha value is -0.480. The highest BCUT2D eigenvalue weighted by atomic mass is 79.9. The normalized spacial score (nSPS) is 20.1. The minimum absolute atomic E-state index is 0.493. The molecule has 2 nitrogen and oxygen atoms in total. The molecule has 80 valence electrons. The lowest BCUT2D eigenvalue weighted by Gasteiger charge is -2.04. The molecule has 0 aromatic heterocycles. The van der Waals surface area contributed by atoms with E-state index in [9.17, 15) is 0 Å². The Labute approximate surface area is 103 Å².